The minimum Gasteiger partial charge on any atom is -0.356 e. The second-order valence-electron chi connectivity index (χ2n) is 9.10. The Bertz CT molecular complexity index is 1650. The number of anilines is 1. The maximum atomic E-state index is 14.0. The van der Waals surface area contributed by atoms with Gasteiger partial charge >= 0.3 is 0 Å². The minimum absolute atomic E-state index is 0.0330. The number of H-pyrrole nitrogens is 1. The smallest absolute Gasteiger partial charge is 0.256 e. The van der Waals surface area contributed by atoms with Gasteiger partial charge in [-0.05, 0) is 53.0 Å². The molecule has 2 aliphatic rings. The number of para-hydroxylation sites is 1. The summed E-state index contributed by atoms with van der Waals surface area (Å²) in [6.07, 6.45) is 0.553. The number of hydrogen-bond acceptors (Lipinski definition) is 2. The van der Waals surface area contributed by atoms with E-state index in [1.165, 1.54) is 12.1 Å². The van der Waals surface area contributed by atoms with Crippen molar-refractivity contribution >= 4 is 50.6 Å². The molecule has 170 valence electrons. The van der Waals surface area contributed by atoms with Crippen LogP contribution in [0.5, 0.6) is 0 Å². The normalized spacial score (nSPS) is 19.5. The van der Waals surface area contributed by atoms with Gasteiger partial charge in [0.2, 0.25) is 0 Å². The van der Waals surface area contributed by atoms with Crippen LogP contribution in [0.4, 0.5) is 10.1 Å². The highest BCUT2D eigenvalue weighted by atomic mass is 32.1. The summed E-state index contributed by atoms with van der Waals surface area (Å²) in [4.78, 5) is 21.3. The number of rotatable bonds is 2. The summed E-state index contributed by atoms with van der Waals surface area (Å²) in [6, 6.07) is 27.8. The van der Waals surface area contributed by atoms with E-state index in [1.54, 1.807) is 17.0 Å². The topological polar surface area (TPSA) is 39.3 Å². The van der Waals surface area contributed by atoms with Crippen LogP contribution in [0.2, 0.25) is 0 Å². The van der Waals surface area contributed by atoms with Crippen molar-refractivity contribution in [1.29, 1.82) is 0 Å². The molecule has 3 heterocycles. The van der Waals surface area contributed by atoms with E-state index >= 15 is 0 Å². The van der Waals surface area contributed by atoms with Crippen LogP contribution in [0, 0.1) is 5.82 Å². The summed E-state index contributed by atoms with van der Waals surface area (Å²) in [5, 5.41) is 3.61. The average Bonchev–Trinajstić information content (AvgIpc) is 3.38. The number of nitrogens with one attached hydrogen (secondary N) is 1. The predicted octanol–water partition coefficient (Wildman–Crippen LogP) is 6.11. The Morgan fingerprint density at radius 1 is 0.857 bits per heavy atom. The molecule has 0 bridgehead atoms. The van der Waals surface area contributed by atoms with Gasteiger partial charge in [-0.1, -0.05) is 66.7 Å². The molecule has 1 amide bonds. The van der Waals surface area contributed by atoms with Gasteiger partial charge in [-0.3, -0.25) is 9.69 Å². The molecule has 0 aliphatic carbocycles. The van der Waals surface area contributed by atoms with E-state index in [9.17, 15) is 9.18 Å². The first-order valence-electron chi connectivity index (χ1n) is 11.6. The van der Waals surface area contributed by atoms with Gasteiger partial charge in [-0.15, -0.1) is 0 Å². The van der Waals surface area contributed by atoms with E-state index in [1.807, 2.05) is 65.6 Å². The molecule has 4 nitrogen and oxygen atoms in total. The zero-order valence-corrected chi connectivity index (χ0v) is 19.4. The van der Waals surface area contributed by atoms with Crippen molar-refractivity contribution in [3.8, 4) is 0 Å². The van der Waals surface area contributed by atoms with Gasteiger partial charge < -0.3 is 9.88 Å². The van der Waals surface area contributed by atoms with Crippen molar-refractivity contribution in [2.24, 2.45) is 0 Å². The fourth-order valence-corrected chi connectivity index (χ4v) is 6.11. The Balaban J connectivity index is 1.43. The molecular formula is C29H20FN3OS. The molecule has 1 saturated heterocycles. The Labute approximate surface area is 206 Å². The lowest BCUT2D eigenvalue weighted by Gasteiger charge is -2.37. The Hall–Kier alpha value is -4.03. The van der Waals surface area contributed by atoms with Gasteiger partial charge in [-0.2, -0.15) is 0 Å². The number of carbonyl (C=O) groups excluding carboxylic acids is 1. The van der Waals surface area contributed by atoms with Crippen LogP contribution in [-0.4, -0.2) is 26.9 Å². The fourth-order valence-electron chi connectivity index (χ4n) is 5.69. The first-order valence-corrected chi connectivity index (χ1v) is 12.0. The summed E-state index contributed by atoms with van der Waals surface area (Å²) >= 11 is 6.02. The largest absolute Gasteiger partial charge is 0.356 e. The van der Waals surface area contributed by atoms with Crippen molar-refractivity contribution in [3.63, 3.8) is 0 Å². The molecule has 6 heteroatoms. The predicted molar refractivity (Wildman–Crippen MR) is 140 cm³/mol. The third-order valence-corrected chi connectivity index (χ3v) is 7.64. The zero-order valence-electron chi connectivity index (χ0n) is 18.6. The molecule has 4 aromatic carbocycles. The summed E-state index contributed by atoms with van der Waals surface area (Å²) < 4.78 is 13.8. The van der Waals surface area contributed by atoms with E-state index in [2.05, 4.69) is 11.1 Å². The molecule has 0 saturated carbocycles. The third-order valence-electron chi connectivity index (χ3n) is 7.24. The highest BCUT2D eigenvalue weighted by molar-refractivity contribution is 7.80. The Morgan fingerprint density at radius 3 is 2.40 bits per heavy atom. The molecule has 5 aromatic rings. The lowest BCUT2D eigenvalue weighted by molar-refractivity contribution is -0.120. The van der Waals surface area contributed by atoms with E-state index in [4.69, 9.17) is 12.2 Å². The summed E-state index contributed by atoms with van der Waals surface area (Å²) in [7, 11) is 0. The Morgan fingerprint density at radius 2 is 1.57 bits per heavy atom. The van der Waals surface area contributed by atoms with Crippen LogP contribution in [0.3, 0.4) is 0 Å². The molecule has 1 aromatic heterocycles. The van der Waals surface area contributed by atoms with Crippen LogP contribution in [0.25, 0.3) is 21.7 Å². The van der Waals surface area contributed by atoms with Crippen molar-refractivity contribution < 1.29 is 9.18 Å². The van der Waals surface area contributed by atoms with Crippen LogP contribution < -0.4 is 4.90 Å². The van der Waals surface area contributed by atoms with Gasteiger partial charge in [0.25, 0.3) is 5.91 Å². The van der Waals surface area contributed by atoms with Crippen molar-refractivity contribution in [1.82, 2.24) is 9.88 Å². The van der Waals surface area contributed by atoms with Crippen molar-refractivity contribution in [3.05, 3.63) is 114 Å². The highest BCUT2D eigenvalue weighted by Crippen LogP contribution is 2.45. The molecule has 1 N–H and O–H groups in total. The fraction of sp³-hybridized carbons (Fsp3) is 0.103. The van der Waals surface area contributed by atoms with Crippen molar-refractivity contribution in [2.45, 2.75) is 18.5 Å². The van der Waals surface area contributed by atoms with Crippen LogP contribution in [0.1, 0.15) is 22.9 Å². The van der Waals surface area contributed by atoms with Gasteiger partial charge in [-0.25, -0.2) is 4.39 Å². The van der Waals surface area contributed by atoms with Gasteiger partial charge in [0, 0.05) is 28.4 Å². The molecular weight excluding hydrogens is 457 g/mol. The second-order valence-corrected chi connectivity index (χ2v) is 9.46. The van der Waals surface area contributed by atoms with Crippen LogP contribution in [0.15, 0.2) is 91.0 Å². The molecule has 35 heavy (non-hydrogen) atoms. The van der Waals surface area contributed by atoms with E-state index in [0.717, 1.165) is 44.2 Å². The number of carbonyl (C=O) groups is 1. The van der Waals surface area contributed by atoms with Gasteiger partial charge in [0.15, 0.2) is 5.11 Å². The van der Waals surface area contributed by atoms with E-state index in [-0.39, 0.29) is 17.8 Å². The maximum Gasteiger partial charge on any atom is 0.256 e. The van der Waals surface area contributed by atoms with E-state index in [0.29, 0.717) is 11.5 Å². The number of nitrogens with zero attached hydrogens (tertiary/aromatic N) is 2. The molecule has 2 atom stereocenters. The molecule has 0 spiro atoms. The number of halogens is 1. The van der Waals surface area contributed by atoms with Crippen LogP contribution in [-0.2, 0) is 11.2 Å². The number of hydrogen-bond donors (Lipinski definition) is 1. The zero-order chi connectivity index (χ0) is 23.7. The van der Waals surface area contributed by atoms with Crippen molar-refractivity contribution in [2.75, 3.05) is 4.90 Å². The average molecular weight is 478 g/mol. The number of aromatic amines is 1. The summed E-state index contributed by atoms with van der Waals surface area (Å²) in [6.45, 7) is 0. The maximum absolute atomic E-state index is 14.0. The SMILES string of the molecule is O=C1[C@@H]2Cc3c([nH]c4ccccc34)[C@H](c3ccc(F)cc3)N2C(=S)N1c1cccc2ccccc12. The molecule has 7 rings (SSSR count). The molecule has 2 aliphatic heterocycles. The number of aromatic nitrogens is 1. The lowest BCUT2D eigenvalue weighted by atomic mass is 9.89. The van der Waals surface area contributed by atoms with Gasteiger partial charge in [0.1, 0.15) is 11.9 Å². The number of thiocarbonyl (C=S) groups is 1. The summed E-state index contributed by atoms with van der Waals surface area (Å²) in [5.74, 6) is -0.329. The molecule has 1 fully saturated rings. The highest BCUT2D eigenvalue weighted by Gasteiger charge is 2.51. The Kier molecular flexibility index (Phi) is 4.35. The first-order chi connectivity index (χ1) is 17.1. The third kappa shape index (κ3) is 2.90. The second kappa shape index (κ2) is 7.48. The molecule has 0 radical (unpaired) electrons. The monoisotopic (exact) mass is 477 g/mol. The lowest BCUT2D eigenvalue weighted by Crippen LogP contribution is -2.44. The minimum atomic E-state index is -0.441. The molecule has 0 unspecified atom stereocenters. The first kappa shape index (κ1) is 20.4. The van der Waals surface area contributed by atoms with Gasteiger partial charge in [0.05, 0.1) is 11.7 Å². The number of fused-ring (bicyclic) bond motifs is 5. The number of amides is 1. The van der Waals surface area contributed by atoms with E-state index < -0.39 is 6.04 Å². The summed E-state index contributed by atoms with van der Waals surface area (Å²) in [5.41, 5.74) is 4.82. The number of benzene rings is 4. The standard InChI is InChI=1S/C29H20FN3OS/c30-19-14-12-18(13-15-19)27-26-22(21-9-3-4-10-23(21)31-26)16-25-28(34)33(29(35)32(25)27)24-11-5-7-17-6-1-2-8-20(17)24/h1-15,25,27,31H,16H2/t25-,27-/m0/s1. The quantitative estimate of drug-likeness (QED) is 0.312. The van der Waals surface area contributed by atoms with Crippen LogP contribution >= 0.6 is 12.2 Å².